The molecule has 0 spiro atoms. The van der Waals surface area contributed by atoms with Gasteiger partial charge in [0.25, 0.3) is 5.91 Å². The Morgan fingerprint density at radius 3 is 2.88 bits per heavy atom. The first-order valence-electron chi connectivity index (χ1n) is 11.9. The van der Waals surface area contributed by atoms with Gasteiger partial charge in [0.15, 0.2) is 6.79 Å². The molecule has 0 radical (unpaired) electrons. The molecule has 0 saturated carbocycles. The Morgan fingerprint density at radius 1 is 1.15 bits per heavy atom. The Bertz CT molecular complexity index is 1250. The molecule has 2 aromatic carbocycles. The summed E-state index contributed by atoms with van der Waals surface area (Å²) in [6.45, 7) is 6.37. The van der Waals surface area contributed by atoms with E-state index in [0.29, 0.717) is 13.2 Å². The molecule has 2 aliphatic rings. The highest BCUT2D eigenvalue weighted by molar-refractivity contribution is 8.03. The van der Waals surface area contributed by atoms with Crippen molar-refractivity contribution in [1.29, 1.82) is 0 Å². The zero-order chi connectivity index (χ0) is 23.5. The molecule has 3 aromatic rings. The predicted molar refractivity (Wildman–Crippen MR) is 138 cm³/mol. The average molecular weight is 475 g/mol. The number of carbonyl (C=O) groups excluding carboxylic acids is 1. The summed E-state index contributed by atoms with van der Waals surface area (Å²) < 4.78 is 13.2. The quantitative estimate of drug-likeness (QED) is 0.312. The smallest absolute Gasteiger partial charge is 0.256 e. The van der Waals surface area contributed by atoms with Crippen molar-refractivity contribution in [2.24, 2.45) is 0 Å². The van der Waals surface area contributed by atoms with Crippen LogP contribution in [0.3, 0.4) is 0 Å². The Morgan fingerprint density at radius 2 is 2.03 bits per heavy atom. The van der Waals surface area contributed by atoms with Crippen LogP contribution in [-0.4, -0.2) is 46.6 Å². The normalized spacial score (nSPS) is 19.4. The van der Waals surface area contributed by atoms with Gasteiger partial charge in [0.2, 0.25) is 0 Å². The number of ether oxygens (including phenoxy) is 2. The summed E-state index contributed by atoms with van der Waals surface area (Å²) in [5.74, 6) is 0.888. The van der Waals surface area contributed by atoms with Crippen molar-refractivity contribution in [1.82, 2.24) is 9.47 Å². The highest BCUT2D eigenvalue weighted by Crippen LogP contribution is 2.39. The molecule has 1 amide bonds. The molecule has 0 saturated heterocycles. The molecule has 3 heterocycles. The van der Waals surface area contributed by atoms with E-state index >= 15 is 0 Å². The van der Waals surface area contributed by atoms with Crippen LogP contribution in [-0.2, 0) is 17.7 Å². The van der Waals surface area contributed by atoms with Crippen LogP contribution < -0.4 is 4.74 Å². The number of carbonyl (C=O) groups is 1. The zero-order valence-corrected chi connectivity index (χ0v) is 20.5. The minimum Gasteiger partial charge on any atom is -0.468 e. The molecule has 0 N–H and O–H groups in total. The second-order valence-electron chi connectivity index (χ2n) is 8.54. The van der Waals surface area contributed by atoms with Crippen molar-refractivity contribution >= 4 is 28.6 Å². The number of hydrogen-bond acceptors (Lipinski definition) is 4. The van der Waals surface area contributed by atoms with Crippen LogP contribution in [0.5, 0.6) is 5.75 Å². The molecule has 1 aromatic heterocycles. The van der Waals surface area contributed by atoms with E-state index in [2.05, 4.69) is 58.2 Å². The second-order valence-corrected chi connectivity index (χ2v) is 9.59. The van der Waals surface area contributed by atoms with Gasteiger partial charge in [-0.3, -0.25) is 4.79 Å². The van der Waals surface area contributed by atoms with Gasteiger partial charge in [-0.2, -0.15) is 0 Å². The molecule has 0 bridgehead atoms. The molecule has 5 nitrogen and oxygen atoms in total. The molecule has 2 aliphatic heterocycles. The maximum atomic E-state index is 14.0. The molecule has 34 heavy (non-hydrogen) atoms. The van der Waals surface area contributed by atoms with Crippen molar-refractivity contribution < 1.29 is 14.3 Å². The topological polar surface area (TPSA) is 43.7 Å². The lowest BCUT2D eigenvalue weighted by molar-refractivity contribution is 0.0223. The summed E-state index contributed by atoms with van der Waals surface area (Å²) in [4.78, 5) is 16.0. The van der Waals surface area contributed by atoms with Crippen LogP contribution in [0, 0.1) is 0 Å². The Balaban J connectivity index is 1.45. The van der Waals surface area contributed by atoms with E-state index in [0.717, 1.165) is 40.7 Å². The average Bonchev–Trinajstić information content (AvgIpc) is 3.49. The minimum absolute atomic E-state index is 0.0541. The lowest BCUT2D eigenvalue weighted by Crippen LogP contribution is -2.49. The Kier molecular flexibility index (Phi) is 6.79. The number of hydrogen-bond donors (Lipinski definition) is 0. The van der Waals surface area contributed by atoms with Crippen LogP contribution in [0.15, 0.2) is 77.9 Å². The van der Waals surface area contributed by atoms with E-state index < -0.39 is 0 Å². The number of aryl methyl sites for hydroxylation is 1. The maximum absolute atomic E-state index is 14.0. The minimum atomic E-state index is 0.0541. The molecule has 176 valence electrons. The molecule has 5 rings (SSSR count). The standard InChI is InChI=1S/C28H30N2O3S/c1-3-29-18-24(23-10-5-6-11-25(23)29)28(31)30-14-12-21-13-15-34-27(21)26(30)17-20-8-7-9-22(16-20)33-19-32-4-2/h5-13,15-16,18,26-27H,3-4,14,17,19H2,1-2H3. The van der Waals surface area contributed by atoms with Gasteiger partial charge in [-0.25, -0.2) is 0 Å². The Hall–Kier alpha value is -2.96. The first kappa shape index (κ1) is 22.8. The van der Waals surface area contributed by atoms with Gasteiger partial charge in [0.05, 0.1) is 16.9 Å². The molecule has 6 heteroatoms. The summed E-state index contributed by atoms with van der Waals surface area (Å²) in [5.41, 5.74) is 4.36. The fraction of sp³-hybridized carbons (Fsp3) is 0.321. The number of benzene rings is 2. The van der Waals surface area contributed by atoms with Gasteiger partial charge in [0, 0.05) is 36.8 Å². The van der Waals surface area contributed by atoms with Gasteiger partial charge in [-0.1, -0.05) is 42.5 Å². The third-order valence-electron chi connectivity index (χ3n) is 6.56. The van der Waals surface area contributed by atoms with Gasteiger partial charge in [-0.15, -0.1) is 11.8 Å². The van der Waals surface area contributed by atoms with E-state index in [1.165, 1.54) is 5.57 Å². The summed E-state index contributed by atoms with van der Waals surface area (Å²) in [5, 5.41) is 3.42. The van der Waals surface area contributed by atoms with Gasteiger partial charge >= 0.3 is 0 Å². The van der Waals surface area contributed by atoms with Gasteiger partial charge in [0.1, 0.15) is 5.75 Å². The number of amides is 1. The van der Waals surface area contributed by atoms with Crippen LogP contribution in [0.4, 0.5) is 0 Å². The van der Waals surface area contributed by atoms with Crippen molar-refractivity contribution in [3.8, 4) is 5.75 Å². The predicted octanol–water partition coefficient (Wildman–Crippen LogP) is 5.66. The highest BCUT2D eigenvalue weighted by Gasteiger charge is 2.38. The largest absolute Gasteiger partial charge is 0.468 e. The summed E-state index contributed by atoms with van der Waals surface area (Å²) in [6, 6.07) is 16.4. The van der Waals surface area contributed by atoms with E-state index in [1.807, 2.05) is 37.4 Å². The van der Waals surface area contributed by atoms with Crippen molar-refractivity contribution in [2.75, 3.05) is 19.9 Å². The fourth-order valence-corrected chi connectivity index (χ4v) is 6.02. The number of para-hydroxylation sites is 1. The van der Waals surface area contributed by atoms with Crippen LogP contribution in [0.2, 0.25) is 0 Å². The second kappa shape index (κ2) is 10.1. The first-order valence-corrected chi connectivity index (χ1v) is 12.8. The number of rotatable bonds is 8. The lowest BCUT2D eigenvalue weighted by atomic mass is 9.93. The number of allylic oxidation sites excluding steroid dienone is 1. The number of fused-ring (bicyclic) bond motifs is 2. The summed E-state index contributed by atoms with van der Waals surface area (Å²) >= 11 is 1.81. The van der Waals surface area contributed by atoms with Crippen LogP contribution in [0.1, 0.15) is 29.8 Å². The summed E-state index contributed by atoms with van der Waals surface area (Å²) in [7, 11) is 0. The third-order valence-corrected chi connectivity index (χ3v) is 7.74. The summed E-state index contributed by atoms with van der Waals surface area (Å²) in [6.07, 6.45) is 7.18. The molecule has 0 aliphatic carbocycles. The van der Waals surface area contributed by atoms with Crippen LogP contribution in [0.25, 0.3) is 10.9 Å². The van der Waals surface area contributed by atoms with Crippen molar-refractivity contribution in [3.05, 3.63) is 89.0 Å². The van der Waals surface area contributed by atoms with Gasteiger partial charge < -0.3 is 18.9 Å². The van der Waals surface area contributed by atoms with E-state index in [4.69, 9.17) is 9.47 Å². The molecular formula is C28H30N2O3S. The van der Waals surface area contributed by atoms with Crippen LogP contribution >= 0.6 is 11.8 Å². The monoisotopic (exact) mass is 474 g/mol. The zero-order valence-electron chi connectivity index (χ0n) is 19.6. The number of nitrogens with zero attached hydrogens (tertiary/aromatic N) is 2. The van der Waals surface area contributed by atoms with Crippen molar-refractivity contribution in [2.45, 2.75) is 38.1 Å². The van der Waals surface area contributed by atoms with Gasteiger partial charge in [-0.05, 0) is 55.0 Å². The molecule has 2 atom stereocenters. The van der Waals surface area contributed by atoms with E-state index in [-0.39, 0.29) is 24.0 Å². The molecule has 0 fully saturated rings. The maximum Gasteiger partial charge on any atom is 0.256 e. The lowest BCUT2D eigenvalue weighted by Gasteiger charge is -2.39. The number of aromatic nitrogens is 1. The third kappa shape index (κ3) is 4.40. The first-order chi connectivity index (χ1) is 16.7. The molecule has 2 unspecified atom stereocenters. The van der Waals surface area contributed by atoms with Crippen molar-refractivity contribution in [3.63, 3.8) is 0 Å². The van der Waals surface area contributed by atoms with E-state index in [9.17, 15) is 4.79 Å². The molecular weight excluding hydrogens is 444 g/mol. The Labute approximate surface area is 205 Å². The number of thioether (sulfide) groups is 1. The van der Waals surface area contributed by atoms with E-state index in [1.54, 1.807) is 11.8 Å². The fourth-order valence-electron chi connectivity index (χ4n) is 4.86. The SMILES string of the molecule is CCOCOc1cccc(CC2C3SC=CC3=CCN2C(=O)c2cn(CC)c3ccccc23)c1. The highest BCUT2D eigenvalue weighted by atomic mass is 32.2.